The van der Waals surface area contributed by atoms with Crippen LogP contribution in [0.25, 0.3) is 0 Å². The molecule has 7 heteroatoms. The molecule has 0 atom stereocenters. The van der Waals surface area contributed by atoms with Crippen molar-refractivity contribution in [2.75, 3.05) is 20.8 Å². The third-order valence-corrected chi connectivity index (χ3v) is 6.71. The van der Waals surface area contributed by atoms with Crippen LogP contribution in [0, 0.1) is 6.92 Å². The van der Waals surface area contributed by atoms with E-state index >= 15 is 0 Å². The average Bonchev–Trinajstić information content (AvgIpc) is 3.25. The fourth-order valence-electron chi connectivity index (χ4n) is 3.64. The molecule has 3 aromatic rings. The molecule has 0 aliphatic rings. The lowest BCUT2D eigenvalue weighted by Gasteiger charge is -2.30. The second-order valence-electron chi connectivity index (χ2n) is 8.36. The summed E-state index contributed by atoms with van der Waals surface area (Å²) in [6, 6.07) is 16.9. The summed E-state index contributed by atoms with van der Waals surface area (Å²) >= 11 is 1.64. The minimum atomic E-state index is -0.255. The van der Waals surface area contributed by atoms with Gasteiger partial charge in [0.25, 0.3) is 5.91 Å². The van der Waals surface area contributed by atoms with Crippen molar-refractivity contribution in [2.24, 2.45) is 0 Å². The fourth-order valence-corrected chi connectivity index (χ4v) is 4.56. The number of thiophene rings is 1. The van der Waals surface area contributed by atoms with Crippen LogP contribution in [0.2, 0.25) is 0 Å². The molecule has 0 aliphatic heterocycles. The largest absolute Gasteiger partial charge is 0.497 e. The van der Waals surface area contributed by atoms with Gasteiger partial charge in [0.15, 0.2) is 0 Å². The predicted molar refractivity (Wildman–Crippen MR) is 135 cm³/mol. The summed E-state index contributed by atoms with van der Waals surface area (Å²) in [5, 5.41) is 2.04. The second kappa shape index (κ2) is 11.7. The molecule has 0 bridgehead atoms. The number of hydrogen-bond acceptors (Lipinski definition) is 5. The molecule has 1 heterocycles. The third kappa shape index (κ3) is 6.17. The lowest BCUT2D eigenvalue weighted by atomic mass is 10.1. The molecule has 0 radical (unpaired) electrons. The molecular weight excluding hydrogens is 448 g/mol. The Morgan fingerprint density at radius 3 is 2.29 bits per heavy atom. The third-order valence-electron chi connectivity index (χ3n) is 5.70. The number of aryl methyl sites for hydroxylation is 1. The zero-order valence-corrected chi connectivity index (χ0v) is 21.2. The van der Waals surface area contributed by atoms with E-state index in [1.165, 1.54) is 7.11 Å². The molecule has 0 fully saturated rings. The highest BCUT2D eigenvalue weighted by molar-refractivity contribution is 7.10. The molecule has 0 aliphatic carbocycles. The summed E-state index contributed by atoms with van der Waals surface area (Å²) in [6.07, 6.45) is 0. The number of amides is 2. The lowest BCUT2D eigenvalue weighted by Crippen LogP contribution is -2.45. The molecule has 0 saturated heterocycles. The van der Waals surface area contributed by atoms with Gasteiger partial charge in [0.2, 0.25) is 5.91 Å². The summed E-state index contributed by atoms with van der Waals surface area (Å²) in [6.45, 7) is 6.82. The van der Waals surface area contributed by atoms with Crippen LogP contribution in [0.3, 0.4) is 0 Å². The van der Waals surface area contributed by atoms with Gasteiger partial charge in [-0.05, 0) is 55.5 Å². The maximum Gasteiger partial charge on any atom is 0.258 e. The van der Waals surface area contributed by atoms with Crippen LogP contribution in [0.1, 0.15) is 40.2 Å². The van der Waals surface area contributed by atoms with E-state index in [2.05, 4.69) is 13.0 Å². The first-order chi connectivity index (χ1) is 16.3. The quantitative estimate of drug-likeness (QED) is 0.403. The topological polar surface area (TPSA) is 59.1 Å². The minimum Gasteiger partial charge on any atom is -0.497 e. The Morgan fingerprint density at radius 2 is 1.71 bits per heavy atom. The molecule has 2 amide bonds. The number of carbonyl (C=O) groups excluding carboxylic acids is 2. The molecule has 0 N–H and O–H groups in total. The second-order valence-corrected chi connectivity index (χ2v) is 9.36. The van der Waals surface area contributed by atoms with Crippen molar-refractivity contribution in [2.45, 2.75) is 39.9 Å². The highest BCUT2D eigenvalue weighted by Crippen LogP contribution is 2.27. The van der Waals surface area contributed by atoms with Crippen LogP contribution in [-0.4, -0.2) is 48.4 Å². The molecule has 0 spiro atoms. The highest BCUT2D eigenvalue weighted by atomic mass is 32.1. The molecule has 6 nitrogen and oxygen atoms in total. The first-order valence-corrected chi connectivity index (χ1v) is 12.1. The number of hydrogen-bond donors (Lipinski definition) is 0. The maximum atomic E-state index is 13.6. The van der Waals surface area contributed by atoms with Gasteiger partial charge in [-0.1, -0.05) is 30.3 Å². The van der Waals surface area contributed by atoms with Crippen LogP contribution < -0.4 is 9.47 Å². The van der Waals surface area contributed by atoms with Gasteiger partial charge in [-0.15, -0.1) is 11.3 Å². The summed E-state index contributed by atoms with van der Waals surface area (Å²) in [4.78, 5) is 31.6. The average molecular weight is 481 g/mol. The Balaban J connectivity index is 1.86. The first-order valence-electron chi connectivity index (χ1n) is 11.2. The normalized spacial score (nSPS) is 10.8. The number of nitrogens with zero attached hydrogens (tertiary/aromatic N) is 2. The van der Waals surface area contributed by atoms with Crippen LogP contribution >= 0.6 is 11.3 Å². The molecular formula is C27H32N2O4S. The summed E-state index contributed by atoms with van der Waals surface area (Å²) < 4.78 is 10.7. The van der Waals surface area contributed by atoms with Gasteiger partial charge in [-0.25, -0.2) is 0 Å². The highest BCUT2D eigenvalue weighted by Gasteiger charge is 2.27. The molecule has 0 unspecified atom stereocenters. The van der Waals surface area contributed by atoms with Gasteiger partial charge in [0.1, 0.15) is 18.0 Å². The van der Waals surface area contributed by atoms with E-state index in [-0.39, 0.29) is 24.4 Å². The van der Waals surface area contributed by atoms with Crippen LogP contribution in [0.5, 0.6) is 11.5 Å². The first kappa shape index (κ1) is 25.3. The van der Waals surface area contributed by atoms with Crippen molar-refractivity contribution in [3.05, 3.63) is 81.5 Å². The van der Waals surface area contributed by atoms with E-state index in [4.69, 9.17) is 9.47 Å². The summed E-state index contributed by atoms with van der Waals surface area (Å²) in [5.74, 6) is 0.653. The number of benzene rings is 2. The van der Waals surface area contributed by atoms with Gasteiger partial charge >= 0.3 is 0 Å². The lowest BCUT2D eigenvalue weighted by molar-refractivity contribution is -0.133. The predicted octanol–water partition coefficient (Wildman–Crippen LogP) is 5.15. The smallest absolute Gasteiger partial charge is 0.258 e. The van der Waals surface area contributed by atoms with Gasteiger partial charge in [-0.2, -0.15) is 0 Å². The summed E-state index contributed by atoms with van der Waals surface area (Å²) in [5.41, 5.74) is 2.61. The molecule has 2 aromatic carbocycles. The van der Waals surface area contributed by atoms with Crippen molar-refractivity contribution in [1.29, 1.82) is 0 Å². The number of ether oxygens (including phenoxy) is 2. The Hall–Kier alpha value is -3.32. The molecule has 180 valence electrons. The van der Waals surface area contributed by atoms with Crippen molar-refractivity contribution < 1.29 is 19.1 Å². The minimum absolute atomic E-state index is 0.0249. The van der Waals surface area contributed by atoms with E-state index in [1.807, 2.05) is 54.5 Å². The molecule has 0 saturated carbocycles. The van der Waals surface area contributed by atoms with Crippen LogP contribution in [0.15, 0.2) is 60.0 Å². The molecule has 3 rings (SSSR count). The zero-order valence-electron chi connectivity index (χ0n) is 20.4. The standard InChI is InChI=1S/C27H32N2O4S/c1-19(2)29(27(31)23-12-11-22(32-4)15-24(23)33-5)18-26(30)28(16-21-9-7-6-8-10-21)17-25-20(3)13-14-34-25/h6-15,19H,16-18H2,1-5H3. The van der Waals surface area contributed by atoms with E-state index < -0.39 is 0 Å². The molecule has 34 heavy (non-hydrogen) atoms. The van der Waals surface area contributed by atoms with Gasteiger partial charge in [-0.3, -0.25) is 9.59 Å². The van der Waals surface area contributed by atoms with Gasteiger partial charge in [0.05, 0.1) is 26.3 Å². The van der Waals surface area contributed by atoms with Gasteiger partial charge in [0, 0.05) is 23.5 Å². The van der Waals surface area contributed by atoms with E-state index in [0.29, 0.717) is 30.2 Å². The van der Waals surface area contributed by atoms with Gasteiger partial charge < -0.3 is 19.3 Å². The number of methoxy groups -OCH3 is 2. The number of rotatable bonds is 10. The SMILES string of the molecule is COc1ccc(C(=O)N(CC(=O)N(Cc2ccccc2)Cc2sccc2C)C(C)C)c(OC)c1. The Bertz CT molecular complexity index is 1110. The maximum absolute atomic E-state index is 13.6. The van der Waals surface area contributed by atoms with Crippen LogP contribution in [-0.2, 0) is 17.9 Å². The van der Waals surface area contributed by atoms with E-state index in [9.17, 15) is 9.59 Å². The Morgan fingerprint density at radius 1 is 0.971 bits per heavy atom. The number of carbonyl (C=O) groups is 2. The summed E-state index contributed by atoms with van der Waals surface area (Å²) in [7, 11) is 3.08. The van der Waals surface area contributed by atoms with E-state index in [0.717, 1.165) is 16.0 Å². The Labute approximate surface area is 205 Å². The van der Waals surface area contributed by atoms with Crippen LogP contribution in [0.4, 0.5) is 0 Å². The molecule has 1 aromatic heterocycles. The Kier molecular flexibility index (Phi) is 8.71. The fraction of sp³-hybridized carbons (Fsp3) is 0.333. The van der Waals surface area contributed by atoms with E-state index in [1.54, 1.807) is 41.5 Å². The van der Waals surface area contributed by atoms with Crippen molar-refractivity contribution in [3.8, 4) is 11.5 Å². The monoisotopic (exact) mass is 480 g/mol. The van der Waals surface area contributed by atoms with Crippen molar-refractivity contribution in [3.63, 3.8) is 0 Å². The van der Waals surface area contributed by atoms with Crippen molar-refractivity contribution in [1.82, 2.24) is 9.80 Å². The zero-order chi connectivity index (χ0) is 24.7. The van der Waals surface area contributed by atoms with Crippen molar-refractivity contribution >= 4 is 23.2 Å².